The topological polar surface area (TPSA) is 47.0 Å². The van der Waals surface area contributed by atoms with E-state index in [2.05, 4.69) is 52.8 Å². The van der Waals surface area contributed by atoms with E-state index in [4.69, 9.17) is 4.74 Å². The Morgan fingerprint density at radius 1 is 1.29 bits per heavy atom. The van der Waals surface area contributed by atoms with Crippen LogP contribution in [-0.2, 0) is 4.74 Å². The summed E-state index contributed by atoms with van der Waals surface area (Å²) in [5.41, 5.74) is 1.25. The molecule has 3 rings (SSSR count). The quantitative estimate of drug-likeness (QED) is 0.927. The summed E-state index contributed by atoms with van der Waals surface area (Å²) in [6.07, 6.45) is 2.16. The minimum absolute atomic E-state index is 0.176. The summed E-state index contributed by atoms with van der Waals surface area (Å²) in [6, 6.07) is 10.8. The van der Waals surface area contributed by atoms with Crippen LogP contribution in [0.1, 0.15) is 50.1 Å². The van der Waals surface area contributed by atoms with Gasteiger partial charge in [0.25, 0.3) is 0 Å². The summed E-state index contributed by atoms with van der Waals surface area (Å²) in [5, 5.41) is 4.45. The van der Waals surface area contributed by atoms with Crippen molar-refractivity contribution in [2.24, 2.45) is 0 Å². The van der Waals surface area contributed by atoms with E-state index in [1.54, 1.807) is 0 Å². The summed E-state index contributed by atoms with van der Waals surface area (Å²) in [6.45, 7) is 5.02. The smallest absolute Gasteiger partial charge is 0.202 e. The lowest BCUT2D eigenvalue weighted by Crippen LogP contribution is -2.30. The average molecular weight is 303 g/mol. The maximum Gasteiger partial charge on any atom is 0.202 e. The van der Waals surface area contributed by atoms with E-state index in [-0.39, 0.29) is 6.10 Å². The van der Waals surface area contributed by atoms with Crippen molar-refractivity contribution in [2.75, 3.05) is 11.9 Å². The molecule has 0 amide bonds. The van der Waals surface area contributed by atoms with Crippen molar-refractivity contribution in [1.82, 2.24) is 9.36 Å². The van der Waals surface area contributed by atoms with Crippen LogP contribution in [0.5, 0.6) is 0 Å². The molecule has 0 saturated carbocycles. The Kier molecular flexibility index (Phi) is 4.51. The number of hydrogen-bond donors (Lipinski definition) is 1. The highest BCUT2D eigenvalue weighted by atomic mass is 32.1. The predicted octanol–water partition coefficient (Wildman–Crippen LogP) is 3.99. The molecule has 0 bridgehead atoms. The molecule has 1 N–H and O–H groups in total. The molecule has 1 aliphatic heterocycles. The van der Waals surface area contributed by atoms with Crippen molar-refractivity contribution in [3.8, 4) is 0 Å². The molecule has 21 heavy (non-hydrogen) atoms. The van der Waals surface area contributed by atoms with Crippen LogP contribution in [0.25, 0.3) is 0 Å². The molecule has 2 atom stereocenters. The van der Waals surface area contributed by atoms with E-state index in [0.717, 1.165) is 30.4 Å². The fourth-order valence-corrected chi connectivity index (χ4v) is 3.32. The zero-order valence-corrected chi connectivity index (χ0v) is 13.3. The van der Waals surface area contributed by atoms with Gasteiger partial charge in [-0.1, -0.05) is 44.2 Å². The first-order valence-electron chi connectivity index (χ1n) is 7.49. The molecular formula is C16H21N3OS. The van der Waals surface area contributed by atoms with Gasteiger partial charge in [-0.3, -0.25) is 0 Å². The Hall–Kier alpha value is -1.46. The van der Waals surface area contributed by atoms with E-state index in [1.807, 2.05) is 6.07 Å². The molecule has 2 unspecified atom stereocenters. The Bertz CT molecular complexity index is 570. The molecule has 1 aliphatic rings. The number of aromatic nitrogens is 2. The maximum atomic E-state index is 5.90. The highest BCUT2D eigenvalue weighted by molar-refractivity contribution is 7.09. The van der Waals surface area contributed by atoms with Gasteiger partial charge in [-0.25, -0.2) is 4.98 Å². The second kappa shape index (κ2) is 6.54. The van der Waals surface area contributed by atoms with Crippen LogP contribution in [0.4, 0.5) is 5.13 Å². The van der Waals surface area contributed by atoms with Crippen LogP contribution in [0, 0.1) is 0 Å². The van der Waals surface area contributed by atoms with Crippen molar-refractivity contribution in [1.29, 1.82) is 0 Å². The van der Waals surface area contributed by atoms with Gasteiger partial charge in [0.2, 0.25) is 5.13 Å². The van der Waals surface area contributed by atoms with Gasteiger partial charge in [0.05, 0.1) is 6.10 Å². The fraction of sp³-hybridized carbons (Fsp3) is 0.500. The normalized spacial score (nSPS) is 22.4. The molecule has 1 aromatic heterocycles. The van der Waals surface area contributed by atoms with Crippen LogP contribution in [0.2, 0.25) is 0 Å². The molecule has 1 fully saturated rings. The summed E-state index contributed by atoms with van der Waals surface area (Å²) >= 11 is 1.46. The summed E-state index contributed by atoms with van der Waals surface area (Å²) in [5.74, 6) is 1.30. The number of hydrogen-bond acceptors (Lipinski definition) is 5. The standard InChI is InChI=1S/C16H21N3OS/c1-11(2)15-18-16(21-19-15)17-13-8-9-20-14(10-13)12-6-4-3-5-7-12/h3-7,11,13-14H,8-10H2,1-2H3,(H,17,18,19). The van der Waals surface area contributed by atoms with Crippen molar-refractivity contribution < 1.29 is 4.74 Å². The summed E-state index contributed by atoms with van der Waals surface area (Å²) < 4.78 is 10.3. The molecule has 2 heterocycles. The van der Waals surface area contributed by atoms with E-state index in [1.165, 1.54) is 17.1 Å². The highest BCUT2D eigenvalue weighted by Gasteiger charge is 2.24. The zero-order valence-electron chi connectivity index (χ0n) is 12.5. The van der Waals surface area contributed by atoms with Crippen LogP contribution in [-0.4, -0.2) is 22.0 Å². The predicted molar refractivity (Wildman–Crippen MR) is 85.8 cm³/mol. The Morgan fingerprint density at radius 3 is 2.81 bits per heavy atom. The maximum absolute atomic E-state index is 5.90. The van der Waals surface area contributed by atoms with Gasteiger partial charge in [0.15, 0.2) is 0 Å². The molecule has 0 spiro atoms. The molecule has 4 nitrogen and oxygen atoms in total. The highest BCUT2D eigenvalue weighted by Crippen LogP contribution is 2.30. The third kappa shape index (κ3) is 3.60. The van der Waals surface area contributed by atoms with Crippen LogP contribution < -0.4 is 5.32 Å². The monoisotopic (exact) mass is 303 g/mol. The van der Waals surface area contributed by atoms with Crippen molar-refractivity contribution in [3.63, 3.8) is 0 Å². The van der Waals surface area contributed by atoms with E-state index < -0.39 is 0 Å². The second-order valence-corrected chi connectivity index (χ2v) is 6.50. The molecule has 5 heteroatoms. The number of ether oxygens (including phenoxy) is 1. The molecule has 112 valence electrons. The zero-order chi connectivity index (χ0) is 14.7. The summed E-state index contributed by atoms with van der Waals surface area (Å²) in [4.78, 5) is 4.56. The van der Waals surface area contributed by atoms with Crippen LogP contribution in [0.3, 0.4) is 0 Å². The molecule has 1 aromatic carbocycles. The minimum Gasteiger partial charge on any atom is -0.373 e. The molecule has 0 radical (unpaired) electrons. The average Bonchev–Trinajstić information content (AvgIpc) is 2.97. The van der Waals surface area contributed by atoms with Crippen LogP contribution in [0.15, 0.2) is 30.3 Å². The van der Waals surface area contributed by atoms with Gasteiger partial charge in [-0.2, -0.15) is 4.37 Å². The van der Waals surface area contributed by atoms with E-state index >= 15 is 0 Å². The van der Waals surface area contributed by atoms with Gasteiger partial charge in [-0.05, 0) is 18.4 Å². The second-order valence-electron chi connectivity index (χ2n) is 5.75. The Balaban J connectivity index is 1.63. The van der Waals surface area contributed by atoms with Crippen molar-refractivity contribution in [3.05, 3.63) is 41.7 Å². The molecular weight excluding hydrogens is 282 g/mol. The van der Waals surface area contributed by atoms with Crippen LogP contribution >= 0.6 is 11.5 Å². The fourth-order valence-electron chi connectivity index (χ4n) is 2.53. The summed E-state index contributed by atoms with van der Waals surface area (Å²) in [7, 11) is 0. The molecule has 0 aliphatic carbocycles. The van der Waals surface area contributed by atoms with Crippen molar-refractivity contribution in [2.45, 2.75) is 44.8 Å². The largest absolute Gasteiger partial charge is 0.373 e. The third-order valence-electron chi connectivity index (χ3n) is 3.74. The molecule has 1 saturated heterocycles. The Morgan fingerprint density at radius 2 is 2.10 bits per heavy atom. The van der Waals surface area contributed by atoms with Gasteiger partial charge in [-0.15, -0.1) is 0 Å². The number of nitrogens with one attached hydrogen (secondary N) is 1. The van der Waals surface area contributed by atoms with Gasteiger partial charge in [0.1, 0.15) is 5.82 Å². The first kappa shape index (κ1) is 14.5. The van der Waals surface area contributed by atoms with Crippen molar-refractivity contribution >= 4 is 16.7 Å². The van der Waals surface area contributed by atoms with E-state index in [9.17, 15) is 0 Å². The molecule has 2 aromatic rings. The number of anilines is 1. The minimum atomic E-state index is 0.176. The number of benzene rings is 1. The number of rotatable bonds is 4. The lowest BCUT2D eigenvalue weighted by atomic mass is 9.98. The van der Waals surface area contributed by atoms with Gasteiger partial charge >= 0.3 is 0 Å². The lowest BCUT2D eigenvalue weighted by molar-refractivity contribution is 0.00979. The first-order valence-corrected chi connectivity index (χ1v) is 8.26. The lowest BCUT2D eigenvalue weighted by Gasteiger charge is -2.30. The Labute approximate surface area is 129 Å². The SMILES string of the molecule is CC(C)c1nsc(NC2CCOC(c3ccccc3)C2)n1. The van der Waals surface area contributed by atoms with Gasteiger partial charge in [0, 0.05) is 30.1 Å². The van der Waals surface area contributed by atoms with Gasteiger partial charge < -0.3 is 10.1 Å². The third-order valence-corrected chi connectivity index (χ3v) is 4.40. The number of nitrogens with zero attached hydrogens (tertiary/aromatic N) is 2. The first-order chi connectivity index (χ1) is 10.2. The van der Waals surface area contributed by atoms with E-state index in [0.29, 0.717) is 12.0 Å².